The average Bonchev–Trinajstić information content (AvgIpc) is 2.89. The molecule has 2 aromatic rings. The summed E-state index contributed by atoms with van der Waals surface area (Å²) in [7, 11) is 1.74. The molecular weight excluding hydrogens is 284 g/mol. The zero-order chi connectivity index (χ0) is 15.4. The lowest BCUT2D eigenvalue weighted by molar-refractivity contribution is 0.0997. The summed E-state index contributed by atoms with van der Waals surface area (Å²) in [4.78, 5) is 21.1. The number of para-hydroxylation sites is 1. The molecule has 21 heavy (non-hydrogen) atoms. The van der Waals surface area contributed by atoms with Crippen LogP contribution in [0.4, 0.5) is 16.6 Å². The Balaban J connectivity index is 2.27. The number of thiazole rings is 1. The third-order valence-electron chi connectivity index (χ3n) is 3.32. The van der Waals surface area contributed by atoms with Gasteiger partial charge in [0.2, 0.25) is 0 Å². The Hall–Kier alpha value is -2.08. The molecule has 0 bridgehead atoms. The first kappa shape index (κ1) is 15.3. The number of rotatable bonds is 5. The molecule has 1 amide bonds. The summed E-state index contributed by atoms with van der Waals surface area (Å²) in [6, 6.07) is 9.50. The van der Waals surface area contributed by atoms with Gasteiger partial charge in [-0.3, -0.25) is 4.79 Å². The molecule has 0 aliphatic rings. The molecule has 5 nitrogen and oxygen atoms in total. The summed E-state index contributed by atoms with van der Waals surface area (Å²) in [5.41, 5.74) is 6.76. The lowest BCUT2D eigenvalue weighted by Gasteiger charge is -2.17. The molecule has 0 aliphatic carbocycles. The molecule has 0 radical (unpaired) electrons. The second kappa shape index (κ2) is 6.58. The topological polar surface area (TPSA) is 62.5 Å². The maximum absolute atomic E-state index is 12.6. The quantitative estimate of drug-likeness (QED) is 0.922. The number of hydrogen-bond acceptors (Lipinski definition) is 5. The van der Waals surface area contributed by atoms with Crippen molar-refractivity contribution in [1.82, 2.24) is 4.98 Å². The molecule has 1 aromatic carbocycles. The van der Waals surface area contributed by atoms with Crippen LogP contribution in [0.2, 0.25) is 0 Å². The Kier molecular flexibility index (Phi) is 4.80. The number of aromatic nitrogens is 1. The van der Waals surface area contributed by atoms with Crippen LogP contribution in [-0.2, 0) is 0 Å². The van der Waals surface area contributed by atoms with E-state index in [4.69, 9.17) is 5.73 Å². The van der Waals surface area contributed by atoms with Crippen LogP contribution in [0.15, 0.2) is 30.3 Å². The smallest absolute Gasteiger partial charge is 0.272 e. The zero-order valence-corrected chi connectivity index (χ0v) is 13.4. The minimum Gasteiger partial charge on any atom is -0.382 e. The van der Waals surface area contributed by atoms with Crippen LogP contribution in [-0.4, -0.2) is 31.0 Å². The van der Waals surface area contributed by atoms with Gasteiger partial charge in [0, 0.05) is 25.8 Å². The van der Waals surface area contributed by atoms with Crippen LogP contribution in [0.3, 0.4) is 0 Å². The predicted molar refractivity (Wildman–Crippen MR) is 89.3 cm³/mol. The molecule has 112 valence electrons. The number of amides is 1. The fourth-order valence-electron chi connectivity index (χ4n) is 2.02. The highest BCUT2D eigenvalue weighted by Gasteiger charge is 2.22. The van der Waals surface area contributed by atoms with Crippen molar-refractivity contribution in [3.05, 3.63) is 35.2 Å². The number of carbonyl (C=O) groups excluding carboxylic acids is 1. The Morgan fingerprint density at radius 1 is 1.24 bits per heavy atom. The van der Waals surface area contributed by atoms with Crippen LogP contribution >= 0.6 is 11.3 Å². The Morgan fingerprint density at radius 2 is 1.86 bits per heavy atom. The molecular formula is C15H20N4OS. The third kappa shape index (κ3) is 3.16. The van der Waals surface area contributed by atoms with Crippen molar-refractivity contribution in [2.45, 2.75) is 13.8 Å². The van der Waals surface area contributed by atoms with Gasteiger partial charge in [0.05, 0.1) is 0 Å². The van der Waals surface area contributed by atoms with E-state index in [2.05, 4.69) is 23.7 Å². The van der Waals surface area contributed by atoms with Gasteiger partial charge in [-0.2, -0.15) is 0 Å². The predicted octanol–water partition coefficient (Wildman–Crippen LogP) is 2.85. The van der Waals surface area contributed by atoms with Crippen molar-refractivity contribution >= 4 is 33.9 Å². The number of anilines is 3. The second-order valence-corrected chi connectivity index (χ2v) is 5.56. The normalized spacial score (nSPS) is 10.4. The Morgan fingerprint density at radius 3 is 2.43 bits per heavy atom. The highest BCUT2D eigenvalue weighted by molar-refractivity contribution is 7.18. The Bertz CT molecular complexity index is 607. The van der Waals surface area contributed by atoms with Gasteiger partial charge in [-0.1, -0.05) is 29.5 Å². The van der Waals surface area contributed by atoms with Crippen molar-refractivity contribution in [3.63, 3.8) is 0 Å². The lowest BCUT2D eigenvalue weighted by atomic mass is 10.3. The van der Waals surface area contributed by atoms with Gasteiger partial charge in [-0.15, -0.1) is 0 Å². The van der Waals surface area contributed by atoms with Gasteiger partial charge < -0.3 is 15.5 Å². The molecule has 0 atom stereocenters. The number of hydrogen-bond donors (Lipinski definition) is 1. The molecule has 2 N–H and O–H groups in total. The standard InChI is InChI=1S/C15H20N4OS/c1-4-19(5-2)15-17-13(16)12(21-15)14(20)18(3)11-9-7-6-8-10-11/h6-10H,4-5,16H2,1-3H3. The van der Waals surface area contributed by atoms with E-state index < -0.39 is 0 Å². The molecule has 0 unspecified atom stereocenters. The minimum absolute atomic E-state index is 0.130. The number of benzene rings is 1. The summed E-state index contributed by atoms with van der Waals surface area (Å²) >= 11 is 1.35. The van der Waals surface area contributed by atoms with E-state index in [-0.39, 0.29) is 5.91 Å². The van der Waals surface area contributed by atoms with Crippen LogP contribution in [0, 0.1) is 0 Å². The summed E-state index contributed by atoms with van der Waals surface area (Å²) < 4.78 is 0. The first-order valence-electron chi connectivity index (χ1n) is 6.92. The van der Waals surface area contributed by atoms with Crippen molar-refractivity contribution in [3.8, 4) is 0 Å². The fourth-order valence-corrected chi connectivity index (χ4v) is 3.11. The van der Waals surface area contributed by atoms with Gasteiger partial charge >= 0.3 is 0 Å². The van der Waals surface area contributed by atoms with Crippen molar-refractivity contribution < 1.29 is 4.79 Å². The molecule has 0 aliphatic heterocycles. The van der Waals surface area contributed by atoms with E-state index in [9.17, 15) is 4.79 Å². The van der Waals surface area contributed by atoms with E-state index in [0.717, 1.165) is 23.9 Å². The first-order chi connectivity index (χ1) is 10.1. The van der Waals surface area contributed by atoms with Gasteiger partial charge in [-0.25, -0.2) is 4.98 Å². The lowest BCUT2D eigenvalue weighted by Crippen LogP contribution is -2.26. The maximum Gasteiger partial charge on any atom is 0.272 e. The maximum atomic E-state index is 12.6. The van der Waals surface area contributed by atoms with Gasteiger partial charge in [-0.05, 0) is 26.0 Å². The van der Waals surface area contributed by atoms with E-state index in [0.29, 0.717) is 10.7 Å². The van der Waals surface area contributed by atoms with E-state index in [1.165, 1.54) is 11.3 Å². The van der Waals surface area contributed by atoms with E-state index in [1.807, 2.05) is 30.3 Å². The number of nitrogens with two attached hydrogens (primary N) is 1. The van der Waals surface area contributed by atoms with Crippen molar-refractivity contribution in [2.75, 3.05) is 35.7 Å². The summed E-state index contributed by atoms with van der Waals surface area (Å²) in [5, 5.41) is 0.794. The molecule has 1 aromatic heterocycles. The van der Waals surface area contributed by atoms with Gasteiger partial charge in [0.25, 0.3) is 5.91 Å². The first-order valence-corrected chi connectivity index (χ1v) is 7.74. The monoisotopic (exact) mass is 304 g/mol. The molecule has 2 rings (SSSR count). The fraction of sp³-hybridized carbons (Fsp3) is 0.333. The van der Waals surface area contributed by atoms with Crippen LogP contribution in [0.1, 0.15) is 23.5 Å². The molecule has 0 saturated carbocycles. The van der Waals surface area contributed by atoms with Gasteiger partial charge in [0.1, 0.15) is 10.7 Å². The average molecular weight is 304 g/mol. The minimum atomic E-state index is -0.130. The largest absolute Gasteiger partial charge is 0.382 e. The number of nitrogens with zero attached hydrogens (tertiary/aromatic N) is 3. The molecule has 1 heterocycles. The second-order valence-electron chi connectivity index (χ2n) is 4.58. The SMILES string of the molecule is CCN(CC)c1nc(N)c(C(=O)N(C)c2ccccc2)s1. The van der Waals surface area contributed by atoms with E-state index in [1.54, 1.807) is 11.9 Å². The summed E-state index contributed by atoms with van der Waals surface area (Å²) in [6.07, 6.45) is 0. The molecule has 6 heteroatoms. The molecule has 0 fully saturated rings. The third-order valence-corrected chi connectivity index (χ3v) is 4.44. The summed E-state index contributed by atoms with van der Waals surface area (Å²) in [6.45, 7) is 5.79. The molecule has 0 spiro atoms. The van der Waals surface area contributed by atoms with E-state index >= 15 is 0 Å². The van der Waals surface area contributed by atoms with Crippen LogP contribution in [0.5, 0.6) is 0 Å². The Labute approximate surface area is 129 Å². The molecule has 0 saturated heterocycles. The van der Waals surface area contributed by atoms with Crippen LogP contribution in [0.25, 0.3) is 0 Å². The van der Waals surface area contributed by atoms with Gasteiger partial charge in [0.15, 0.2) is 5.13 Å². The highest BCUT2D eigenvalue weighted by Crippen LogP contribution is 2.30. The van der Waals surface area contributed by atoms with Crippen LogP contribution < -0.4 is 15.5 Å². The van der Waals surface area contributed by atoms with Crippen molar-refractivity contribution in [2.24, 2.45) is 0 Å². The summed E-state index contributed by atoms with van der Waals surface area (Å²) in [5.74, 6) is 0.171. The highest BCUT2D eigenvalue weighted by atomic mass is 32.1. The van der Waals surface area contributed by atoms with Crippen molar-refractivity contribution in [1.29, 1.82) is 0 Å². The zero-order valence-electron chi connectivity index (χ0n) is 12.5. The number of nitrogen functional groups attached to an aromatic ring is 1. The number of carbonyl (C=O) groups is 1.